The molecule has 5 heteroatoms. The van der Waals surface area contributed by atoms with Crippen molar-refractivity contribution in [2.75, 3.05) is 30.4 Å². The highest BCUT2D eigenvalue weighted by Crippen LogP contribution is 2.38. The summed E-state index contributed by atoms with van der Waals surface area (Å²) in [5.74, 6) is 1.01. The highest BCUT2D eigenvalue weighted by Gasteiger charge is 2.27. The van der Waals surface area contributed by atoms with Crippen molar-refractivity contribution < 1.29 is 0 Å². The van der Waals surface area contributed by atoms with Gasteiger partial charge in [-0.05, 0) is 58.7 Å². The predicted molar refractivity (Wildman–Crippen MR) is 129 cm³/mol. The van der Waals surface area contributed by atoms with Gasteiger partial charge in [-0.25, -0.2) is 4.98 Å². The molecule has 5 rings (SSSR count). The molecule has 0 unspecified atom stereocenters. The largest absolute Gasteiger partial charge is 0.388 e. The summed E-state index contributed by atoms with van der Waals surface area (Å²) in [6.07, 6.45) is 6.43. The predicted octanol–water partition coefficient (Wildman–Crippen LogP) is 4.80. The molecule has 2 aliphatic rings. The molecule has 0 saturated carbocycles. The van der Waals surface area contributed by atoms with Crippen LogP contribution >= 0.6 is 0 Å². The van der Waals surface area contributed by atoms with Crippen molar-refractivity contribution in [3.8, 4) is 6.07 Å². The molecule has 3 aromatic rings. The molecule has 0 bridgehead atoms. The van der Waals surface area contributed by atoms with E-state index in [1.807, 2.05) is 37.5 Å². The van der Waals surface area contributed by atoms with Crippen molar-refractivity contribution in [3.63, 3.8) is 0 Å². The maximum Gasteiger partial charge on any atom is 0.140 e. The van der Waals surface area contributed by atoms with Crippen LogP contribution in [0.3, 0.4) is 0 Å². The molecular weight excluding hydrogens is 394 g/mol. The van der Waals surface area contributed by atoms with Gasteiger partial charge < -0.3 is 10.2 Å². The van der Waals surface area contributed by atoms with Crippen molar-refractivity contribution in [1.82, 2.24) is 9.88 Å². The third-order valence-electron chi connectivity index (χ3n) is 6.01. The molecule has 2 aromatic carbocycles. The van der Waals surface area contributed by atoms with Gasteiger partial charge >= 0.3 is 0 Å². The number of pyridine rings is 1. The standard InChI is InChI=1S/C27H25N5/c1-29-24-9-7-20(8-10-24)17-32-19-23-18-31(16-22-5-2-4-21(14-22)15-28)13-11-25(23)26-6-3-12-30-27(26)32/h2-12,14,19,29H,13,16-18H2,1H3. The van der Waals surface area contributed by atoms with Gasteiger partial charge in [-0.3, -0.25) is 4.90 Å². The first-order valence-electron chi connectivity index (χ1n) is 10.8. The van der Waals surface area contributed by atoms with E-state index in [4.69, 9.17) is 4.98 Å². The molecule has 3 heterocycles. The van der Waals surface area contributed by atoms with Crippen LogP contribution in [0.25, 0.3) is 5.57 Å². The highest BCUT2D eigenvalue weighted by atomic mass is 15.2. The Morgan fingerprint density at radius 2 is 1.91 bits per heavy atom. The number of nitriles is 1. The fraction of sp³-hybridized carbons (Fsp3) is 0.185. The van der Waals surface area contributed by atoms with E-state index < -0.39 is 0 Å². The maximum atomic E-state index is 9.20. The van der Waals surface area contributed by atoms with Crippen LogP contribution in [-0.4, -0.2) is 30.0 Å². The fourth-order valence-electron chi connectivity index (χ4n) is 4.43. The van der Waals surface area contributed by atoms with E-state index in [9.17, 15) is 5.26 Å². The summed E-state index contributed by atoms with van der Waals surface area (Å²) < 4.78 is 0. The molecule has 2 aliphatic heterocycles. The van der Waals surface area contributed by atoms with E-state index in [0.717, 1.165) is 37.7 Å². The summed E-state index contributed by atoms with van der Waals surface area (Å²) in [7, 11) is 1.93. The molecule has 0 aliphatic carbocycles. The summed E-state index contributed by atoms with van der Waals surface area (Å²) in [6, 6.07) is 22.8. The van der Waals surface area contributed by atoms with E-state index in [1.165, 1.54) is 27.8 Å². The minimum absolute atomic E-state index is 0.711. The molecule has 0 atom stereocenters. The molecule has 1 aromatic heterocycles. The highest BCUT2D eigenvalue weighted by molar-refractivity contribution is 5.89. The van der Waals surface area contributed by atoms with Crippen LogP contribution in [0, 0.1) is 11.3 Å². The maximum absolute atomic E-state index is 9.20. The zero-order valence-corrected chi connectivity index (χ0v) is 18.1. The van der Waals surface area contributed by atoms with Gasteiger partial charge in [0.25, 0.3) is 0 Å². The van der Waals surface area contributed by atoms with Gasteiger partial charge in [0.1, 0.15) is 5.82 Å². The van der Waals surface area contributed by atoms with E-state index >= 15 is 0 Å². The van der Waals surface area contributed by atoms with E-state index in [0.29, 0.717) is 5.56 Å². The normalized spacial score (nSPS) is 15.2. The number of hydrogen-bond donors (Lipinski definition) is 1. The lowest BCUT2D eigenvalue weighted by Crippen LogP contribution is -2.33. The topological polar surface area (TPSA) is 55.2 Å². The zero-order chi connectivity index (χ0) is 21.9. The van der Waals surface area contributed by atoms with Crippen LogP contribution in [0.5, 0.6) is 0 Å². The number of nitrogens with zero attached hydrogens (tertiary/aromatic N) is 4. The Labute approximate surface area is 188 Å². The Morgan fingerprint density at radius 1 is 1.03 bits per heavy atom. The molecule has 158 valence electrons. The third-order valence-corrected chi connectivity index (χ3v) is 6.01. The number of fused-ring (bicyclic) bond motifs is 3. The average molecular weight is 420 g/mol. The van der Waals surface area contributed by atoms with E-state index in [1.54, 1.807) is 0 Å². The Balaban J connectivity index is 1.42. The quantitative estimate of drug-likeness (QED) is 0.644. The first-order chi connectivity index (χ1) is 15.7. The number of aromatic nitrogens is 1. The number of nitrogens with one attached hydrogen (secondary N) is 1. The van der Waals surface area contributed by atoms with Crippen molar-refractivity contribution in [3.05, 3.63) is 107 Å². The summed E-state index contributed by atoms with van der Waals surface area (Å²) in [5.41, 5.74) is 8.02. The molecule has 0 amide bonds. The molecule has 5 nitrogen and oxygen atoms in total. The monoisotopic (exact) mass is 419 g/mol. The third kappa shape index (κ3) is 4.01. The molecule has 0 spiro atoms. The average Bonchev–Trinajstić information content (AvgIpc) is 2.84. The lowest BCUT2D eigenvalue weighted by atomic mass is 9.92. The smallest absolute Gasteiger partial charge is 0.140 e. The summed E-state index contributed by atoms with van der Waals surface area (Å²) in [4.78, 5) is 9.38. The Kier molecular flexibility index (Phi) is 5.45. The Hall–Kier alpha value is -3.88. The minimum Gasteiger partial charge on any atom is -0.388 e. The Morgan fingerprint density at radius 3 is 2.72 bits per heavy atom. The van der Waals surface area contributed by atoms with Gasteiger partial charge in [-0.2, -0.15) is 5.26 Å². The van der Waals surface area contributed by atoms with E-state index in [-0.39, 0.29) is 0 Å². The minimum atomic E-state index is 0.711. The second kappa shape index (κ2) is 8.70. The summed E-state index contributed by atoms with van der Waals surface area (Å²) in [6.45, 7) is 3.34. The molecule has 0 saturated heterocycles. The molecule has 1 N–H and O–H groups in total. The second-order valence-electron chi connectivity index (χ2n) is 8.20. The molecule has 0 radical (unpaired) electrons. The Bertz CT molecular complexity index is 1230. The van der Waals surface area contributed by atoms with Crippen LogP contribution < -0.4 is 10.2 Å². The van der Waals surface area contributed by atoms with Gasteiger partial charge in [-0.1, -0.05) is 30.3 Å². The number of rotatable bonds is 5. The van der Waals surface area contributed by atoms with Gasteiger partial charge in [0, 0.05) is 56.9 Å². The summed E-state index contributed by atoms with van der Waals surface area (Å²) >= 11 is 0. The van der Waals surface area contributed by atoms with Gasteiger partial charge in [0.2, 0.25) is 0 Å². The molecule has 0 fully saturated rings. The van der Waals surface area contributed by atoms with Crippen LogP contribution in [0.1, 0.15) is 22.3 Å². The fourth-order valence-corrected chi connectivity index (χ4v) is 4.43. The van der Waals surface area contributed by atoms with Crippen molar-refractivity contribution in [1.29, 1.82) is 5.26 Å². The van der Waals surface area contributed by atoms with Crippen molar-refractivity contribution >= 4 is 17.1 Å². The first kappa shape index (κ1) is 20.0. The molecule has 32 heavy (non-hydrogen) atoms. The second-order valence-corrected chi connectivity index (χ2v) is 8.20. The van der Waals surface area contributed by atoms with Crippen LogP contribution in [-0.2, 0) is 13.1 Å². The lowest BCUT2D eigenvalue weighted by molar-refractivity contribution is 0.317. The first-order valence-corrected chi connectivity index (χ1v) is 10.8. The van der Waals surface area contributed by atoms with Crippen LogP contribution in [0.4, 0.5) is 11.5 Å². The zero-order valence-electron chi connectivity index (χ0n) is 18.1. The lowest BCUT2D eigenvalue weighted by Gasteiger charge is -2.35. The number of hydrogen-bond acceptors (Lipinski definition) is 5. The van der Waals surface area contributed by atoms with Crippen LogP contribution in [0.2, 0.25) is 0 Å². The number of benzene rings is 2. The van der Waals surface area contributed by atoms with Gasteiger partial charge in [0.05, 0.1) is 11.6 Å². The number of anilines is 2. The van der Waals surface area contributed by atoms with Crippen LogP contribution in [0.15, 0.2) is 84.7 Å². The van der Waals surface area contributed by atoms with Gasteiger partial charge in [-0.15, -0.1) is 0 Å². The van der Waals surface area contributed by atoms with Crippen molar-refractivity contribution in [2.24, 2.45) is 0 Å². The summed E-state index contributed by atoms with van der Waals surface area (Å²) in [5, 5.41) is 12.4. The van der Waals surface area contributed by atoms with Gasteiger partial charge in [0.15, 0.2) is 0 Å². The molecular formula is C27H25N5. The van der Waals surface area contributed by atoms with Crippen molar-refractivity contribution in [2.45, 2.75) is 13.1 Å². The SMILES string of the molecule is CNc1ccc(CN2C=C3CN(Cc4cccc(C#N)c4)CC=C3c3cccnc32)cc1. The van der Waals surface area contributed by atoms with E-state index in [2.05, 4.69) is 69.9 Å².